The quantitative estimate of drug-likeness (QED) is 0.385. The molecule has 0 spiro atoms. The molecule has 19 heavy (non-hydrogen) atoms. The van der Waals surface area contributed by atoms with Crippen molar-refractivity contribution in [1.82, 2.24) is 4.90 Å². The fourth-order valence-electron chi connectivity index (χ4n) is 1.74. The van der Waals surface area contributed by atoms with Crippen LogP contribution in [0.4, 0.5) is 0 Å². The van der Waals surface area contributed by atoms with Crippen LogP contribution in [0.25, 0.3) is 0 Å². The molecule has 0 aliphatic heterocycles. The molecule has 1 unspecified atom stereocenters. The molecule has 6 heteroatoms. The highest BCUT2D eigenvalue weighted by molar-refractivity contribution is 6.31. The third kappa shape index (κ3) is 4.13. The number of carbonyl (C=O) groups excluding carboxylic acids is 1. The number of oxime groups is 1. The van der Waals surface area contributed by atoms with Gasteiger partial charge in [-0.25, -0.2) is 0 Å². The van der Waals surface area contributed by atoms with Crippen molar-refractivity contribution in [2.24, 2.45) is 10.9 Å². The summed E-state index contributed by atoms with van der Waals surface area (Å²) in [5.41, 5.74) is 6.89. The minimum Gasteiger partial charge on any atom is -0.409 e. The van der Waals surface area contributed by atoms with Crippen LogP contribution in [0.1, 0.15) is 29.3 Å². The lowest BCUT2D eigenvalue weighted by atomic mass is 10.1. The molecule has 1 amide bonds. The fraction of sp³-hybridized carbons (Fsp3) is 0.385. The molecule has 104 valence electrons. The predicted molar refractivity (Wildman–Crippen MR) is 75.8 cm³/mol. The number of aryl methyl sites for hydroxylation is 1. The van der Waals surface area contributed by atoms with Crippen molar-refractivity contribution in [3.63, 3.8) is 0 Å². The van der Waals surface area contributed by atoms with E-state index in [0.717, 1.165) is 5.56 Å². The maximum Gasteiger partial charge on any atom is 0.253 e. The smallest absolute Gasteiger partial charge is 0.253 e. The summed E-state index contributed by atoms with van der Waals surface area (Å²) in [6.45, 7) is 3.70. The molecule has 0 radical (unpaired) electrons. The monoisotopic (exact) mass is 283 g/mol. The number of nitrogens with zero attached hydrogens (tertiary/aromatic N) is 2. The summed E-state index contributed by atoms with van der Waals surface area (Å²) in [5, 5.41) is 12.0. The number of hydrogen-bond donors (Lipinski definition) is 2. The Morgan fingerprint density at radius 3 is 2.68 bits per heavy atom. The zero-order chi connectivity index (χ0) is 14.6. The lowest BCUT2D eigenvalue weighted by molar-refractivity contribution is 0.0747. The second-order valence-electron chi connectivity index (χ2n) is 4.58. The minimum atomic E-state index is -0.178. The normalized spacial score (nSPS) is 13.2. The molecule has 0 saturated carbocycles. The van der Waals surface area contributed by atoms with E-state index in [0.29, 0.717) is 17.0 Å². The number of nitrogens with two attached hydrogens (primary N) is 1. The van der Waals surface area contributed by atoms with Gasteiger partial charge in [-0.15, -0.1) is 0 Å². The fourth-order valence-corrected chi connectivity index (χ4v) is 2.03. The summed E-state index contributed by atoms with van der Waals surface area (Å²) in [5.74, 6) is -0.0572. The summed E-state index contributed by atoms with van der Waals surface area (Å²) in [7, 11) is 1.67. The number of amidine groups is 1. The number of halogens is 1. The summed E-state index contributed by atoms with van der Waals surface area (Å²) in [4.78, 5) is 13.8. The molecule has 0 aliphatic rings. The third-order valence-electron chi connectivity index (χ3n) is 2.90. The van der Waals surface area contributed by atoms with Crippen molar-refractivity contribution in [3.05, 3.63) is 34.3 Å². The molecule has 0 bridgehead atoms. The van der Waals surface area contributed by atoms with Crippen molar-refractivity contribution in [2.45, 2.75) is 26.3 Å². The van der Waals surface area contributed by atoms with Crippen molar-refractivity contribution in [3.8, 4) is 0 Å². The van der Waals surface area contributed by atoms with E-state index in [9.17, 15) is 4.79 Å². The van der Waals surface area contributed by atoms with Gasteiger partial charge in [0.1, 0.15) is 5.84 Å². The largest absolute Gasteiger partial charge is 0.409 e. The highest BCUT2D eigenvalue weighted by atomic mass is 35.5. The lowest BCUT2D eigenvalue weighted by Gasteiger charge is -2.24. The highest BCUT2D eigenvalue weighted by Gasteiger charge is 2.19. The molecular weight excluding hydrogens is 266 g/mol. The van der Waals surface area contributed by atoms with Crippen LogP contribution in [-0.2, 0) is 0 Å². The van der Waals surface area contributed by atoms with E-state index in [1.54, 1.807) is 30.1 Å². The van der Waals surface area contributed by atoms with Crippen molar-refractivity contribution < 1.29 is 10.0 Å². The van der Waals surface area contributed by atoms with Gasteiger partial charge in [-0.05, 0) is 37.6 Å². The van der Waals surface area contributed by atoms with E-state index in [1.165, 1.54) is 0 Å². The van der Waals surface area contributed by atoms with Crippen molar-refractivity contribution >= 4 is 23.3 Å². The van der Waals surface area contributed by atoms with Gasteiger partial charge in [-0.3, -0.25) is 4.79 Å². The van der Waals surface area contributed by atoms with E-state index in [4.69, 9.17) is 22.5 Å². The average molecular weight is 284 g/mol. The lowest BCUT2D eigenvalue weighted by Crippen LogP contribution is -2.37. The first-order valence-corrected chi connectivity index (χ1v) is 6.23. The van der Waals surface area contributed by atoms with Crippen molar-refractivity contribution in [2.75, 3.05) is 7.05 Å². The van der Waals surface area contributed by atoms with E-state index < -0.39 is 0 Å². The highest BCUT2D eigenvalue weighted by Crippen LogP contribution is 2.17. The van der Waals surface area contributed by atoms with Crippen LogP contribution in [-0.4, -0.2) is 34.9 Å². The first-order chi connectivity index (χ1) is 8.85. The van der Waals surface area contributed by atoms with Crippen molar-refractivity contribution in [1.29, 1.82) is 0 Å². The average Bonchev–Trinajstić information content (AvgIpc) is 2.35. The van der Waals surface area contributed by atoms with Crippen LogP contribution in [0.15, 0.2) is 23.4 Å². The van der Waals surface area contributed by atoms with Gasteiger partial charge in [0.25, 0.3) is 5.91 Å². The minimum absolute atomic E-state index is 0.0921. The molecule has 0 aromatic heterocycles. The Bertz CT molecular complexity index is 482. The van der Waals surface area contributed by atoms with E-state index in [2.05, 4.69) is 5.16 Å². The van der Waals surface area contributed by atoms with Gasteiger partial charge >= 0.3 is 0 Å². The van der Waals surface area contributed by atoms with Gasteiger partial charge in [-0.1, -0.05) is 16.8 Å². The second kappa shape index (κ2) is 6.43. The Labute approximate surface area is 117 Å². The van der Waals surface area contributed by atoms with Gasteiger partial charge < -0.3 is 15.8 Å². The standard InChI is InChI=1S/C13H18ClN3O2/c1-8-4-10(7-11(14)5-8)13(18)17(3)9(2)6-12(15)16-19/h4-5,7,9,19H,6H2,1-3H3,(H2,15,16). The summed E-state index contributed by atoms with van der Waals surface area (Å²) >= 11 is 5.94. The van der Waals surface area contributed by atoms with Crippen LogP contribution in [0, 0.1) is 6.92 Å². The Kier molecular flexibility index (Phi) is 5.18. The van der Waals surface area contributed by atoms with Crippen LogP contribution < -0.4 is 5.73 Å². The Hall–Kier alpha value is -1.75. The number of amides is 1. The number of benzene rings is 1. The zero-order valence-electron chi connectivity index (χ0n) is 11.2. The van der Waals surface area contributed by atoms with Crippen LogP contribution in [0.5, 0.6) is 0 Å². The van der Waals surface area contributed by atoms with Gasteiger partial charge in [0.15, 0.2) is 0 Å². The molecule has 1 atom stereocenters. The molecule has 0 aliphatic carbocycles. The van der Waals surface area contributed by atoms with Crippen LogP contribution >= 0.6 is 11.6 Å². The second-order valence-corrected chi connectivity index (χ2v) is 5.01. The number of carbonyl (C=O) groups is 1. The Balaban J connectivity index is 2.87. The molecule has 5 nitrogen and oxygen atoms in total. The predicted octanol–water partition coefficient (Wildman–Crippen LogP) is 2.25. The topological polar surface area (TPSA) is 78.9 Å². The summed E-state index contributed by atoms with van der Waals surface area (Å²) < 4.78 is 0. The number of hydrogen-bond acceptors (Lipinski definition) is 3. The first kappa shape index (κ1) is 15.3. The van der Waals surface area contributed by atoms with Crippen LogP contribution in [0.2, 0.25) is 5.02 Å². The maximum absolute atomic E-state index is 12.3. The molecule has 0 fully saturated rings. The summed E-state index contributed by atoms with van der Waals surface area (Å²) in [6.07, 6.45) is 0.304. The van der Waals surface area contributed by atoms with Gasteiger partial charge in [0, 0.05) is 30.1 Å². The molecule has 3 N–H and O–H groups in total. The van der Waals surface area contributed by atoms with E-state index in [1.807, 2.05) is 13.8 Å². The first-order valence-electron chi connectivity index (χ1n) is 5.86. The molecule has 0 saturated heterocycles. The SMILES string of the molecule is Cc1cc(Cl)cc(C(=O)N(C)C(C)C/C(N)=N/O)c1. The van der Waals surface area contributed by atoms with E-state index in [-0.39, 0.29) is 17.8 Å². The van der Waals surface area contributed by atoms with Gasteiger partial charge in [-0.2, -0.15) is 0 Å². The molecule has 1 aromatic carbocycles. The molecule has 1 aromatic rings. The molecule has 0 heterocycles. The van der Waals surface area contributed by atoms with Gasteiger partial charge in [0.05, 0.1) is 0 Å². The zero-order valence-corrected chi connectivity index (χ0v) is 12.0. The van der Waals surface area contributed by atoms with E-state index >= 15 is 0 Å². The molecule has 1 rings (SSSR count). The van der Waals surface area contributed by atoms with Gasteiger partial charge in [0.2, 0.25) is 0 Å². The summed E-state index contributed by atoms with van der Waals surface area (Å²) in [6, 6.07) is 5.02. The Morgan fingerprint density at radius 2 is 2.16 bits per heavy atom. The van der Waals surface area contributed by atoms with Crippen LogP contribution in [0.3, 0.4) is 0 Å². The maximum atomic E-state index is 12.3. The third-order valence-corrected chi connectivity index (χ3v) is 3.12. The molecular formula is C13H18ClN3O2. The Morgan fingerprint density at radius 1 is 1.53 bits per heavy atom. The number of rotatable bonds is 4.